The molecular weight excluding hydrogens is 506 g/mol. The minimum atomic E-state index is -1.09. The Morgan fingerprint density at radius 3 is 2.60 bits per heavy atom. The number of fused-ring (bicyclic) bond motifs is 1. The number of amides is 1. The van der Waals surface area contributed by atoms with Gasteiger partial charge in [0.2, 0.25) is 0 Å². The number of halogens is 2. The van der Waals surface area contributed by atoms with E-state index in [9.17, 15) is 18.8 Å². The van der Waals surface area contributed by atoms with Gasteiger partial charge >= 0.3 is 11.8 Å². The van der Waals surface area contributed by atoms with Crippen molar-refractivity contribution in [2.24, 2.45) is 0 Å². The summed E-state index contributed by atoms with van der Waals surface area (Å²) in [5, 5.41) is 11.4. The van der Waals surface area contributed by atoms with Crippen LogP contribution in [0.25, 0.3) is 16.7 Å². The van der Waals surface area contributed by atoms with Crippen LogP contribution in [-0.2, 0) is 0 Å². The number of hydrogen-bond donors (Lipinski definition) is 2. The number of carboxylic acid groups (broad SMARTS) is 1. The summed E-state index contributed by atoms with van der Waals surface area (Å²) in [5.41, 5.74) is -0.487. The molecule has 0 saturated heterocycles. The van der Waals surface area contributed by atoms with Crippen molar-refractivity contribution in [3.63, 3.8) is 0 Å². The molecule has 0 aliphatic heterocycles. The number of benzene rings is 1. The Balaban J connectivity index is 1.88. The highest BCUT2D eigenvalue weighted by Gasteiger charge is 2.27. The van der Waals surface area contributed by atoms with E-state index in [0.29, 0.717) is 31.4 Å². The molecule has 1 amide bonds. The van der Waals surface area contributed by atoms with E-state index in [1.54, 1.807) is 18.2 Å². The number of aromatic nitrogens is 3. The van der Waals surface area contributed by atoms with Crippen LogP contribution in [0.15, 0.2) is 46.1 Å². The van der Waals surface area contributed by atoms with Gasteiger partial charge in [-0.05, 0) is 72.5 Å². The van der Waals surface area contributed by atoms with Crippen molar-refractivity contribution in [3.8, 4) is 5.69 Å². The smallest absolute Gasteiger partial charge is 0.404 e. The molecule has 10 heteroatoms. The molecule has 1 aliphatic rings. The highest BCUT2D eigenvalue weighted by atomic mass is 127. The van der Waals surface area contributed by atoms with Gasteiger partial charge in [-0.1, -0.05) is 6.07 Å². The van der Waals surface area contributed by atoms with Crippen molar-refractivity contribution < 1.29 is 14.3 Å². The summed E-state index contributed by atoms with van der Waals surface area (Å²) in [6, 6.07) is 7.66. The molecule has 0 radical (unpaired) electrons. The summed E-state index contributed by atoms with van der Waals surface area (Å²) >= 11 is 2.12. The average Bonchev–Trinajstić information content (AvgIpc) is 2.70. The van der Waals surface area contributed by atoms with Crippen molar-refractivity contribution in [2.45, 2.75) is 37.8 Å². The summed E-state index contributed by atoms with van der Waals surface area (Å²) in [5.74, 6) is -0.659. The summed E-state index contributed by atoms with van der Waals surface area (Å²) < 4.78 is 17.3. The molecule has 0 unspecified atom stereocenters. The van der Waals surface area contributed by atoms with E-state index in [2.05, 4.69) is 32.9 Å². The Morgan fingerprint density at radius 1 is 1.20 bits per heavy atom. The lowest BCUT2D eigenvalue weighted by Gasteiger charge is -2.29. The lowest BCUT2D eigenvalue weighted by molar-refractivity contribution is 0.182. The Hall–Kier alpha value is -2.76. The fraction of sp³-hybridized carbons (Fsp3) is 0.300. The van der Waals surface area contributed by atoms with Gasteiger partial charge in [0.05, 0.1) is 17.3 Å². The van der Waals surface area contributed by atoms with Gasteiger partial charge in [-0.15, -0.1) is 0 Å². The quantitative estimate of drug-likeness (QED) is 0.513. The summed E-state index contributed by atoms with van der Waals surface area (Å²) in [6.45, 7) is 0. The van der Waals surface area contributed by atoms with Crippen LogP contribution in [0.3, 0.4) is 0 Å². The topological polar surface area (TPSA) is 106 Å². The van der Waals surface area contributed by atoms with E-state index in [-0.39, 0.29) is 17.1 Å². The Labute approximate surface area is 183 Å². The molecule has 2 aromatic heterocycles. The molecule has 0 spiro atoms. The van der Waals surface area contributed by atoms with Gasteiger partial charge in [0, 0.05) is 15.7 Å². The first-order valence-corrected chi connectivity index (χ1v) is 10.5. The van der Waals surface area contributed by atoms with E-state index in [1.165, 1.54) is 9.13 Å². The van der Waals surface area contributed by atoms with Crippen molar-refractivity contribution in [2.75, 3.05) is 0 Å². The predicted molar refractivity (Wildman–Crippen MR) is 117 cm³/mol. The molecule has 1 saturated carbocycles. The van der Waals surface area contributed by atoms with Crippen LogP contribution in [0, 0.1) is 9.39 Å². The highest BCUT2D eigenvalue weighted by molar-refractivity contribution is 14.1. The second kappa shape index (κ2) is 8.17. The number of rotatable bonds is 3. The number of nitrogens with zero attached hydrogens (tertiary/aromatic N) is 3. The fourth-order valence-electron chi connectivity index (χ4n) is 4.01. The van der Waals surface area contributed by atoms with Gasteiger partial charge in [-0.3, -0.25) is 9.36 Å². The third-order valence-corrected chi connectivity index (χ3v) is 6.02. The van der Waals surface area contributed by atoms with Gasteiger partial charge in [0.15, 0.2) is 5.65 Å². The lowest BCUT2D eigenvalue weighted by atomic mass is 9.91. The number of pyridine rings is 1. The molecular formula is C20H18FIN4O4. The molecule has 3 aromatic rings. The van der Waals surface area contributed by atoms with Gasteiger partial charge in [0.25, 0.3) is 5.56 Å². The fourth-order valence-corrected chi connectivity index (χ4v) is 4.53. The zero-order valence-electron chi connectivity index (χ0n) is 15.7. The summed E-state index contributed by atoms with van der Waals surface area (Å²) in [6.07, 6.45) is 1.82. The van der Waals surface area contributed by atoms with Crippen LogP contribution in [0.1, 0.15) is 31.7 Å². The number of nitrogens with one attached hydrogen (secondary N) is 1. The van der Waals surface area contributed by atoms with Crippen molar-refractivity contribution in [3.05, 3.63) is 66.8 Å². The minimum absolute atomic E-state index is 0.0271. The first kappa shape index (κ1) is 20.5. The SMILES string of the molecule is O=C(O)N[C@H]1CC[C@@H](n2c(=O)c3cc(F)cnc3n(-c3cccc(I)c3)c2=O)CC1. The van der Waals surface area contributed by atoms with Crippen LogP contribution >= 0.6 is 22.6 Å². The van der Waals surface area contributed by atoms with Crippen molar-refractivity contribution >= 4 is 39.7 Å². The third kappa shape index (κ3) is 3.83. The number of hydrogen-bond acceptors (Lipinski definition) is 4. The van der Waals surface area contributed by atoms with E-state index < -0.39 is 29.2 Å². The molecule has 8 nitrogen and oxygen atoms in total. The molecule has 4 rings (SSSR count). The normalized spacial score (nSPS) is 19.0. The molecule has 30 heavy (non-hydrogen) atoms. The second-order valence-corrected chi connectivity index (χ2v) is 8.50. The lowest BCUT2D eigenvalue weighted by Crippen LogP contribution is -2.45. The molecule has 2 N–H and O–H groups in total. The average molecular weight is 524 g/mol. The largest absolute Gasteiger partial charge is 0.465 e. The van der Waals surface area contributed by atoms with Crippen molar-refractivity contribution in [1.82, 2.24) is 19.4 Å². The summed E-state index contributed by atoms with van der Waals surface area (Å²) in [7, 11) is 0. The molecule has 1 fully saturated rings. The van der Waals surface area contributed by atoms with Gasteiger partial charge < -0.3 is 10.4 Å². The zero-order chi connectivity index (χ0) is 21.4. The van der Waals surface area contributed by atoms with E-state index in [4.69, 9.17) is 5.11 Å². The maximum atomic E-state index is 13.9. The molecule has 0 atom stereocenters. The van der Waals surface area contributed by atoms with Gasteiger partial charge in [-0.2, -0.15) is 0 Å². The van der Waals surface area contributed by atoms with Crippen LogP contribution in [0.5, 0.6) is 0 Å². The maximum absolute atomic E-state index is 13.9. The molecule has 2 heterocycles. The van der Waals surface area contributed by atoms with Crippen LogP contribution < -0.4 is 16.6 Å². The van der Waals surface area contributed by atoms with E-state index >= 15 is 0 Å². The summed E-state index contributed by atoms with van der Waals surface area (Å²) in [4.78, 5) is 41.5. The molecule has 1 aromatic carbocycles. The zero-order valence-corrected chi connectivity index (χ0v) is 17.9. The third-order valence-electron chi connectivity index (χ3n) is 5.35. The van der Waals surface area contributed by atoms with Crippen LogP contribution in [0.2, 0.25) is 0 Å². The van der Waals surface area contributed by atoms with Crippen molar-refractivity contribution in [1.29, 1.82) is 0 Å². The molecule has 156 valence electrons. The standard InChI is InChI=1S/C20H18FIN4O4/c21-11-8-16-17(23-10-11)25(15-3-1-2-12(22)9-15)20(30)26(18(16)27)14-6-4-13(5-7-14)24-19(28)29/h1-3,8-10,13-14,24H,4-7H2,(H,28,29)/t13-,14+. The van der Waals surface area contributed by atoms with Gasteiger partial charge in [-0.25, -0.2) is 23.5 Å². The Morgan fingerprint density at radius 2 is 1.93 bits per heavy atom. The van der Waals surface area contributed by atoms with Crippen LogP contribution in [0.4, 0.5) is 9.18 Å². The van der Waals surface area contributed by atoms with Gasteiger partial charge in [0.1, 0.15) is 5.82 Å². The van der Waals surface area contributed by atoms with E-state index in [1.807, 2.05) is 6.07 Å². The predicted octanol–water partition coefficient (Wildman–Crippen LogP) is 3.04. The van der Waals surface area contributed by atoms with Crippen LogP contribution in [-0.4, -0.2) is 31.4 Å². The maximum Gasteiger partial charge on any atom is 0.404 e. The monoisotopic (exact) mass is 524 g/mol. The minimum Gasteiger partial charge on any atom is -0.465 e. The van der Waals surface area contributed by atoms with E-state index in [0.717, 1.165) is 15.8 Å². The first-order valence-electron chi connectivity index (χ1n) is 9.43. The first-order chi connectivity index (χ1) is 14.3. The molecule has 1 aliphatic carbocycles. The highest BCUT2D eigenvalue weighted by Crippen LogP contribution is 2.27. The Kier molecular flexibility index (Phi) is 5.58. The Bertz CT molecular complexity index is 1250. The second-order valence-electron chi connectivity index (χ2n) is 7.25. The molecule has 0 bridgehead atoms. The number of carbonyl (C=O) groups is 1.